The molecule has 1 rings (SSSR count). The molecule has 90 valence electrons. The number of halogens is 1. The van der Waals surface area contributed by atoms with Crippen LogP contribution in [0.3, 0.4) is 0 Å². The summed E-state index contributed by atoms with van der Waals surface area (Å²) in [5, 5.41) is 10.6. The third-order valence-electron chi connectivity index (χ3n) is 2.85. The number of nitrogens with zero attached hydrogens (tertiary/aromatic N) is 1. The summed E-state index contributed by atoms with van der Waals surface area (Å²) in [5.41, 5.74) is 1.24. The van der Waals surface area contributed by atoms with Crippen molar-refractivity contribution >= 4 is 5.97 Å². The molecule has 0 radical (unpaired) electrons. The van der Waals surface area contributed by atoms with E-state index in [1.54, 1.807) is 23.9 Å². The Morgan fingerprint density at radius 3 is 2.18 bits per heavy atom. The van der Waals surface area contributed by atoms with Gasteiger partial charge in [-0.25, -0.2) is 0 Å². The molecule has 0 saturated heterocycles. The maximum Gasteiger partial charge on any atom is 1.00 e. The largest absolute Gasteiger partial charge is 1.00 e. The van der Waals surface area contributed by atoms with Crippen molar-refractivity contribution in [3.63, 3.8) is 0 Å². The molecule has 0 aliphatic carbocycles. The molecule has 1 heterocycles. The molecule has 0 bridgehead atoms. The predicted molar refractivity (Wildman–Crippen MR) is 55.1 cm³/mol. The predicted octanol–water partition coefficient (Wildman–Crippen LogP) is -5.19. The Labute approximate surface area is 131 Å². The maximum atomic E-state index is 10.6. The second-order valence-corrected chi connectivity index (χ2v) is 3.88. The zero-order chi connectivity index (χ0) is 11.4. The Bertz CT molecular complexity index is 343. The number of aliphatic carboxylic acids is 1. The maximum absolute atomic E-state index is 10.6. The van der Waals surface area contributed by atoms with E-state index in [9.17, 15) is 9.90 Å². The summed E-state index contributed by atoms with van der Waals surface area (Å²) in [7, 11) is 0. The molecule has 2 unspecified atom stereocenters. The molecular formula is C12H17ClNNaO2. The van der Waals surface area contributed by atoms with E-state index in [2.05, 4.69) is 13.8 Å². The standard InChI is InChI=1S/C12H17NO2.ClH.Na/c1-4-9(2)11-5-7-13(8-6-11)10(3)12(14)15;;/h5-10H,4H2,1-3H3;1H;/q;;+1/p-1. The average molecular weight is 266 g/mol. The molecule has 5 heteroatoms. The third kappa shape index (κ3) is 5.38. The van der Waals surface area contributed by atoms with Crippen LogP contribution in [0, 0.1) is 0 Å². The van der Waals surface area contributed by atoms with Crippen LogP contribution in [0.2, 0.25) is 0 Å². The molecule has 3 nitrogen and oxygen atoms in total. The normalized spacial score (nSPS) is 12.9. The number of carbonyl (C=O) groups excluding carboxylic acids is 1. The first-order chi connectivity index (χ1) is 7.06. The minimum Gasteiger partial charge on any atom is -1.00 e. The molecule has 17 heavy (non-hydrogen) atoms. The molecule has 1 aromatic rings. The first-order valence-corrected chi connectivity index (χ1v) is 5.27. The van der Waals surface area contributed by atoms with Crippen molar-refractivity contribution in [2.24, 2.45) is 0 Å². The number of carboxylic acid groups (broad SMARTS) is 1. The molecule has 0 spiro atoms. The van der Waals surface area contributed by atoms with Gasteiger partial charge >= 0.3 is 29.6 Å². The average Bonchev–Trinajstić information content (AvgIpc) is 2.27. The summed E-state index contributed by atoms with van der Waals surface area (Å²) in [5.74, 6) is -0.547. The van der Waals surface area contributed by atoms with Crippen LogP contribution >= 0.6 is 0 Å². The molecule has 1 aromatic heterocycles. The number of hydrogen-bond donors (Lipinski definition) is 0. The van der Waals surface area contributed by atoms with Crippen molar-refractivity contribution in [2.45, 2.75) is 39.2 Å². The molecule has 0 aliphatic rings. The van der Waals surface area contributed by atoms with Crippen LogP contribution in [-0.4, -0.2) is 5.97 Å². The first kappa shape index (κ1) is 19.3. The molecule has 0 aliphatic heterocycles. The Morgan fingerprint density at radius 2 is 1.82 bits per heavy atom. The molecule has 0 saturated carbocycles. The second-order valence-electron chi connectivity index (χ2n) is 3.88. The minimum absolute atomic E-state index is 0. The van der Waals surface area contributed by atoms with E-state index in [1.807, 2.05) is 12.1 Å². The van der Waals surface area contributed by atoms with Crippen molar-refractivity contribution < 1.29 is 56.4 Å². The van der Waals surface area contributed by atoms with Crippen LogP contribution in [0.1, 0.15) is 44.7 Å². The van der Waals surface area contributed by atoms with Crippen molar-refractivity contribution in [3.8, 4) is 0 Å². The zero-order valence-electron chi connectivity index (χ0n) is 10.8. The summed E-state index contributed by atoms with van der Waals surface area (Å²) in [6, 6.07) is 3.32. The Kier molecular flexibility index (Phi) is 10.1. The van der Waals surface area contributed by atoms with Crippen LogP contribution in [0.25, 0.3) is 0 Å². The Balaban J connectivity index is 0. The van der Waals surface area contributed by atoms with Crippen molar-refractivity contribution in [1.82, 2.24) is 0 Å². The summed E-state index contributed by atoms with van der Waals surface area (Å²) in [6.45, 7) is 5.90. The number of hydrogen-bond acceptors (Lipinski definition) is 2. The van der Waals surface area contributed by atoms with Gasteiger partial charge in [-0.1, -0.05) is 13.8 Å². The number of rotatable bonds is 4. The van der Waals surface area contributed by atoms with Gasteiger partial charge in [0.15, 0.2) is 18.4 Å². The van der Waals surface area contributed by atoms with Gasteiger partial charge in [-0.15, -0.1) is 0 Å². The summed E-state index contributed by atoms with van der Waals surface area (Å²) >= 11 is 0. The smallest absolute Gasteiger partial charge is 1.00 e. The number of carbonyl (C=O) groups is 1. The van der Waals surface area contributed by atoms with Crippen LogP contribution < -0.4 is 51.6 Å². The van der Waals surface area contributed by atoms with E-state index in [0.717, 1.165) is 6.42 Å². The van der Waals surface area contributed by atoms with E-state index < -0.39 is 12.0 Å². The van der Waals surface area contributed by atoms with E-state index in [4.69, 9.17) is 0 Å². The first-order valence-electron chi connectivity index (χ1n) is 5.27. The number of pyridine rings is 1. The van der Waals surface area contributed by atoms with Gasteiger partial charge in [0, 0.05) is 19.1 Å². The van der Waals surface area contributed by atoms with Crippen LogP contribution in [0.5, 0.6) is 0 Å². The van der Waals surface area contributed by atoms with Crippen LogP contribution in [0.4, 0.5) is 0 Å². The molecular weight excluding hydrogens is 249 g/mol. The van der Waals surface area contributed by atoms with Gasteiger partial charge in [0.2, 0.25) is 0 Å². The van der Waals surface area contributed by atoms with Crippen LogP contribution in [-0.2, 0) is 4.79 Å². The Hall–Kier alpha value is -0.0900. The van der Waals surface area contributed by atoms with E-state index >= 15 is 0 Å². The van der Waals surface area contributed by atoms with Gasteiger partial charge in [0.25, 0.3) is 0 Å². The topological polar surface area (TPSA) is 44.0 Å². The summed E-state index contributed by atoms with van der Waals surface area (Å²) < 4.78 is 1.64. The minimum atomic E-state index is -1.06. The molecule has 0 amide bonds. The molecule has 0 aromatic carbocycles. The second kappa shape index (κ2) is 8.92. The number of carboxylic acids is 1. The summed E-state index contributed by atoms with van der Waals surface area (Å²) in [4.78, 5) is 10.6. The monoisotopic (exact) mass is 265 g/mol. The molecule has 2 atom stereocenters. The van der Waals surface area contributed by atoms with Gasteiger partial charge in [0.1, 0.15) is 5.97 Å². The summed E-state index contributed by atoms with van der Waals surface area (Å²) in [6.07, 6.45) is 4.67. The fourth-order valence-corrected chi connectivity index (χ4v) is 1.39. The van der Waals surface area contributed by atoms with Gasteiger partial charge < -0.3 is 22.3 Å². The molecule has 0 N–H and O–H groups in total. The van der Waals surface area contributed by atoms with Crippen molar-refractivity contribution in [1.29, 1.82) is 0 Å². The van der Waals surface area contributed by atoms with Crippen molar-refractivity contribution in [3.05, 3.63) is 30.1 Å². The zero-order valence-corrected chi connectivity index (χ0v) is 13.6. The fourth-order valence-electron chi connectivity index (χ4n) is 1.39. The Morgan fingerprint density at radius 1 is 1.35 bits per heavy atom. The van der Waals surface area contributed by atoms with Crippen LogP contribution in [0.15, 0.2) is 24.5 Å². The van der Waals surface area contributed by atoms with E-state index in [-0.39, 0.29) is 42.0 Å². The third-order valence-corrected chi connectivity index (χ3v) is 2.85. The van der Waals surface area contributed by atoms with Crippen molar-refractivity contribution in [2.75, 3.05) is 0 Å². The van der Waals surface area contributed by atoms with E-state index in [1.165, 1.54) is 5.56 Å². The van der Waals surface area contributed by atoms with E-state index in [0.29, 0.717) is 5.92 Å². The fraction of sp³-hybridized carbons (Fsp3) is 0.500. The SMILES string of the molecule is CCC(C)c1cc[n+](C(C)C(=O)[O-])cc1.[Cl-].[Na+]. The van der Waals surface area contributed by atoms with Gasteiger partial charge in [-0.2, -0.15) is 4.57 Å². The van der Waals surface area contributed by atoms with Gasteiger partial charge in [-0.05, 0) is 17.9 Å². The van der Waals surface area contributed by atoms with Gasteiger partial charge in [0.05, 0.1) is 0 Å². The quantitative estimate of drug-likeness (QED) is 0.404. The number of aromatic nitrogens is 1. The van der Waals surface area contributed by atoms with Gasteiger partial charge in [-0.3, -0.25) is 0 Å². The molecule has 0 fully saturated rings.